The molecular weight excluding hydrogens is 270 g/mol. The Morgan fingerprint density at radius 3 is 2.86 bits per heavy atom. The predicted molar refractivity (Wildman–Crippen MR) is 78.3 cm³/mol. The van der Waals surface area contributed by atoms with Crippen LogP contribution in [0.3, 0.4) is 0 Å². The molecule has 0 N–H and O–H groups in total. The molecule has 0 radical (unpaired) electrons. The highest BCUT2D eigenvalue weighted by Crippen LogP contribution is 2.23. The zero-order chi connectivity index (χ0) is 15.2. The Bertz CT molecular complexity index is 662. The minimum Gasteiger partial charge on any atom is -0.494 e. The Balaban J connectivity index is 2.26. The lowest BCUT2D eigenvalue weighted by molar-refractivity contribution is -0.137. The molecule has 0 fully saturated rings. The monoisotopic (exact) mass is 287 g/mol. The number of rotatable bonds is 5. The first-order chi connectivity index (χ1) is 10.1. The van der Waals surface area contributed by atoms with E-state index in [4.69, 9.17) is 9.47 Å². The number of carbonyl (C=O) groups excluding carboxylic acids is 1. The quantitative estimate of drug-likeness (QED) is 0.623. The zero-order valence-electron chi connectivity index (χ0n) is 12.2. The minimum absolute atomic E-state index is 0.346. The summed E-state index contributed by atoms with van der Waals surface area (Å²) < 4.78 is 12.0. The summed E-state index contributed by atoms with van der Waals surface area (Å²) in [4.78, 5) is 19.7. The standard InChI is InChI=1S/C15H17N3O3/c1-4-21-15(19)6-5-12-7-14(20-3)13(8-16-12)18-9-11(2)17-10-18/h5-10H,4H2,1-3H3/b6-5+. The van der Waals surface area contributed by atoms with E-state index in [1.54, 1.807) is 38.7 Å². The maximum Gasteiger partial charge on any atom is 0.330 e. The molecule has 0 aliphatic rings. The number of ether oxygens (including phenoxy) is 2. The van der Waals surface area contributed by atoms with Crippen LogP contribution in [0.1, 0.15) is 18.3 Å². The Kier molecular flexibility index (Phi) is 4.71. The molecule has 110 valence electrons. The summed E-state index contributed by atoms with van der Waals surface area (Å²) in [6.45, 7) is 4.01. The molecule has 0 atom stereocenters. The first-order valence-electron chi connectivity index (χ1n) is 6.54. The molecule has 0 spiro atoms. The number of carbonyl (C=O) groups is 1. The van der Waals surface area contributed by atoms with Crippen LogP contribution in [-0.4, -0.2) is 34.2 Å². The van der Waals surface area contributed by atoms with Crippen molar-refractivity contribution in [1.29, 1.82) is 0 Å². The summed E-state index contributed by atoms with van der Waals surface area (Å²) in [5.74, 6) is 0.249. The van der Waals surface area contributed by atoms with Crippen molar-refractivity contribution in [1.82, 2.24) is 14.5 Å². The van der Waals surface area contributed by atoms with Gasteiger partial charge in [0.25, 0.3) is 0 Å². The van der Waals surface area contributed by atoms with Crippen LogP contribution in [0.25, 0.3) is 11.8 Å². The van der Waals surface area contributed by atoms with Gasteiger partial charge in [-0.25, -0.2) is 9.78 Å². The van der Waals surface area contributed by atoms with E-state index in [9.17, 15) is 4.79 Å². The van der Waals surface area contributed by atoms with Gasteiger partial charge in [0, 0.05) is 18.3 Å². The average Bonchev–Trinajstić information content (AvgIpc) is 2.91. The second-order valence-electron chi connectivity index (χ2n) is 4.29. The average molecular weight is 287 g/mol. The molecule has 2 aromatic rings. The maximum atomic E-state index is 11.3. The second-order valence-corrected chi connectivity index (χ2v) is 4.29. The Morgan fingerprint density at radius 2 is 2.24 bits per heavy atom. The maximum absolute atomic E-state index is 11.3. The summed E-state index contributed by atoms with van der Waals surface area (Å²) in [5.41, 5.74) is 2.30. The van der Waals surface area contributed by atoms with E-state index < -0.39 is 5.97 Å². The first-order valence-corrected chi connectivity index (χ1v) is 6.54. The molecule has 0 saturated heterocycles. The molecule has 0 aliphatic heterocycles. The van der Waals surface area contributed by atoms with Crippen molar-refractivity contribution < 1.29 is 14.3 Å². The predicted octanol–water partition coefficient (Wildman–Crippen LogP) is 2.16. The number of pyridine rings is 1. The van der Waals surface area contributed by atoms with Gasteiger partial charge in [-0.05, 0) is 19.9 Å². The van der Waals surface area contributed by atoms with Gasteiger partial charge in [0.1, 0.15) is 11.4 Å². The van der Waals surface area contributed by atoms with E-state index in [2.05, 4.69) is 9.97 Å². The normalized spacial score (nSPS) is 10.8. The second kappa shape index (κ2) is 6.69. The highest BCUT2D eigenvalue weighted by atomic mass is 16.5. The van der Waals surface area contributed by atoms with Crippen LogP contribution in [0.2, 0.25) is 0 Å². The van der Waals surface area contributed by atoms with E-state index in [0.717, 1.165) is 11.4 Å². The van der Waals surface area contributed by atoms with Gasteiger partial charge in [0.2, 0.25) is 0 Å². The fraction of sp³-hybridized carbons (Fsp3) is 0.267. The van der Waals surface area contributed by atoms with Crippen molar-refractivity contribution in [2.75, 3.05) is 13.7 Å². The SMILES string of the molecule is CCOC(=O)/C=C/c1cc(OC)c(-n2cnc(C)c2)cn1. The largest absolute Gasteiger partial charge is 0.494 e. The topological polar surface area (TPSA) is 66.2 Å². The van der Waals surface area contributed by atoms with Crippen LogP contribution in [-0.2, 0) is 9.53 Å². The van der Waals surface area contributed by atoms with Crippen LogP contribution in [0.4, 0.5) is 0 Å². The van der Waals surface area contributed by atoms with E-state index in [0.29, 0.717) is 18.1 Å². The molecule has 6 heteroatoms. The Labute approximate surface area is 123 Å². The molecule has 0 bridgehead atoms. The molecule has 2 aromatic heterocycles. The smallest absolute Gasteiger partial charge is 0.330 e. The molecule has 2 rings (SSSR count). The van der Waals surface area contributed by atoms with Crippen LogP contribution in [0.15, 0.2) is 30.9 Å². The number of aromatic nitrogens is 3. The van der Waals surface area contributed by atoms with Crippen molar-refractivity contribution in [2.45, 2.75) is 13.8 Å². The molecule has 6 nitrogen and oxygen atoms in total. The highest BCUT2D eigenvalue weighted by Gasteiger charge is 2.07. The van der Waals surface area contributed by atoms with E-state index in [1.165, 1.54) is 6.08 Å². The van der Waals surface area contributed by atoms with Gasteiger partial charge in [-0.2, -0.15) is 0 Å². The lowest BCUT2D eigenvalue weighted by Crippen LogP contribution is -2.00. The first kappa shape index (κ1) is 14.8. The molecular formula is C15H17N3O3. The molecule has 2 heterocycles. The molecule has 0 aliphatic carbocycles. The zero-order valence-corrected chi connectivity index (χ0v) is 12.2. The number of esters is 1. The van der Waals surface area contributed by atoms with Crippen molar-refractivity contribution in [2.24, 2.45) is 0 Å². The molecule has 0 aromatic carbocycles. The number of aryl methyl sites for hydroxylation is 1. The fourth-order valence-electron chi connectivity index (χ4n) is 1.79. The van der Waals surface area contributed by atoms with Gasteiger partial charge in [0.05, 0.1) is 37.6 Å². The van der Waals surface area contributed by atoms with Gasteiger partial charge < -0.3 is 14.0 Å². The molecule has 0 unspecified atom stereocenters. The van der Waals surface area contributed by atoms with Gasteiger partial charge in [0.15, 0.2) is 0 Å². The van der Waals surface area contributed by atoms with E-state index in [1.807, 2.05) is 17.7 Å². The summed E-state index contributed by atoms with van der Waals surface area (Å²) >= 11 is 0. The fourth-order valence-corrected chi connectivity index (χ4v) is 1.79. The van der Waals surface area contributed by atoms with Crippen molar-refractivity contribution in [3.05, 3.63) is 42.3 Å². The van der Waals surface area contributed by atoms with Gasteiger partial charge in [-0.3, -0.25) is 4.98 Å². The third kappa shape index (κ3) is 3.68. The van der Waals surface area contributed by atoms with Gasteiger partial charge >= 0.3 is 5.97 Å². The summed E-state index contributed by atoms with van der Waals surface area (Å²) in [5, 5.41) is 0. The van der Waals surface area contributed by atoms with E-state index >= 15 is 0 Å². The van der Waals surface area contributed by atoms with Crippen molar-refractivity contribution >= 4 is 12.0 Å². The lowest BCUT2D eigenvalue weighted by Gasteiger charge is -2.09. The Morgan fingerprint density at radius 1 is 1.43 bits per heavy atom. The summed E-state index contributed by atoms with van der Waals surface area (Å²) in [7, 11) is 1.58. The third-order valence-electron chi connectivity index (χ3n) is 2.75. The summed E-state index contributed by atoms with van der Waals surface area (Å²) in [6.07, 6.45) is 8.18. The summed E-state index contributed by atoms with van der Waals surface area (Å²) in [6, 6.07) is 1.75. The number of nitrogens with zero attached hydrogens (tertiary/aromatic N) is 3. The van der Waals surface area contributed by atoms with E-state index in [-0.39, 0.29) is 0 Å². The van der Waals surface area contributed by atoms with Crippen LogP contribution in [0.5, 0.6) is 5.75 Å². The van der Waals surface area contributed by atoms with Gasteiger partial charge in [-0.15, -0.1) is 0 Å². The Hall–Kier alpha value is -2.63. The van der Waals surface area contributed by atoms with Crippen molar-refractivity contribution in [3.8, 4) is 11.4 Å². The van der Waals surface area contributed by atoms with Crippen LogP contribution in [0, 0.1) is 6.92 Å². The van der Waals surface area contributed by atoms with Crippen LogP contribution < -0.4 is 4.74 Å². The highest BCUT2D eigenvalue weighted by molar-refractivity contribution is 5.86. The number of hydrogen-bond donors (Lipinski definition) is 0. The molecule has 0 saturated carbocycles. The third-order valence-corrected chi connectivity index (χ3v) is 2.75. The number of methoxy groups -OCH3 is 1. The molecule has 0 amide bonds. The van der Waals surface area contributed by atoms with Gasteiger partial charge in [-0.1, -0.05) is 0 Å². The van der Waals surface area contributed by atoms with Crippen molar-refractivity contribution in [3.63, 3.8) is 0 Å². The minimum atomic E-state index is -0.396. The number of hydrogen-bond acceptors (Lipinski definition) is 5. The van der Waals surface area contributed by atoms with Crippen LogP contribution >= 0.6 is 0 Å². The lowest BCUT2D eigenvalue weighted by atomic mass is 10.3. The number of imidazole rings is 1. The molecule has 21 heavy (non-hydrogen) atoms.